The molecule has 1 aliphatic rings. The lowest BCUT2D eigenvalue weighted by Gasteiger charge is -2.32. The Balaban J connectivity index is 2.84. The fourth-order valence-electron chi connectivity index (χ4n) is 1.86. The van der Waals surface area contributed by atoms with E-state index in [2.05, 4.69) is 11.9 Å². The number of hydrogen-bond acceptors (Lipinski definition) is 2. The molecular formula is C11H19N2O2+. The molecule has 0 fully saturated rings. The number of quaternary nitrogens is 1. The molecule has 1 rings (SSSR count). The minimum absolute atomic E-state index is 0.315. The van der Waals surface area contributed by atoms with Crippen molar-refractivity contribution in [2.24, 2.45) is 4.99 Å². The minimum Gasteiger partial charge on any atom is -0.477 e. The zero-order valence-electron chi connectivity index (χ0n) is 9.60. The third-order valence-corrected chi connectivity index (χ3v) is 3.10. The number of likely N-dealkylation sites (N-methyl/N-ethyl adjacent to an activating group) is 1. The third kappa shape index (κ3) is 2.26. The van der Waals surface area contributed by atoms with Gasteiger partial charge in [-0.1, -0.05) is 13.3 Å². The summed E-state index contributed by atoms with van der Waals surface area (Å²) in [5.74, 6) is 0.102. The fraction of sp³-hybridized carbons (Fsp3) is 0.636. The van der Waals surface area contributed by atoms with Crippen molar-refractivity contribution >= 4 is 11.8 Å². The van der Waals surface area contributed by atoms with Gasteiger partial charge in [-0.05, 0) is 6.42 Å². The van der Waals surface area contributed by atoms with E-state index in [0.717, 1.165) is 18.7 Å². The van der Waals surface area contributed by atoms with Crippen LogP contribution in [0.4, 0.5) is 0 Å². The zero-order valence-corrected chi connectivity index (χ0v) is 9.60. The molecule has 1 heterocycles. The van der Waals surface area contributed by atoms with Crippen LogP contribution in [0.1, 0.15) is 33.1 Å². The Bertz CT molecular complexity index is 310. The van der Waals surface area contributed by atoms with E-state index < -0.39 is 12.0 Å². The van der Waals surface area contributed by atoms with E-state index in [1.807, 2.05) is 20.2 Å². The van der Waals surface area contributed by atoms with Gasteiger partial charge in [0.2, 0.25) is 5.84 Å². The first kappa shape index (κ1) is 11.9. The smallest absolute Gasteiger partial charge is 0.363 e. The number of carboxylic acid groups (broad SMARTS) is 1. The molecule has 0 saturated carbocycles. The summed E-state index contributed by atoms with van der Waals surface area (Å²) in [4.78, 5) is 15.4. The van der Waals surface area contributed by atoms with Gasteiger partial charge in [0.25, 0.3) is 0 Å². The van der Waals surface area contributed by atoms with Gasteiger partial charge < -0.3 is 5.11 Å². The molecule has 0 amide bonds. The van der Waals surface area contributed by atoms with E-state index in [1.54, 1.807) is 6.20 Å². The average Bonchev–Trinajstić information content (AvgIpc) is 2.48. The van der Waals surface area contributed by atoms with Gasteiger partial charge in [-0.2, -0.15) is 0 Å². The van der Waals surface area contributed by atoms with Gasteiger partial charge in [-0.3, -0.25) is 0 Å². The van der Waals surface area contributed by atoms with Crippen LogP contribution in [0.15, 0.2) is 17.4 Å². The predicted molar refractivity (Wildman–Crippen MR) is 59.4 cm³/mol. The van der Waals surface area contributed by atoms with E-state index in [0.29, 0.717) is 10.9 Å². The van der Waals surface area contributed by atoms with Gasteiger partial charge in [-0.15, -0.1) is 0 Å². The van der Waals surface area contributed by atoms with E-state index in [9.17, 15) is 9.90 Å². The first-order chi connectivity index (χ1) is 7.02. The number of rotatable bonds is 5. The SMILES string of the molecule is CCCCC(C(=O)O)[N+]1(C)C=CN=C1C. The molecule has 0 radical (unpaired) electrons. The Kier molecular flexibility index (Phi) is 3.63. The number of aliphatic imine (C=N–C) groups is 1. The van der Waals surface area contributed by atoms with E-state index >= 15 is 0 Å². The molecule has 0 aromatic heterocycles. The van der Waals surface area contributed by atoms with Crippen LogP contribution in [0.25, 0.3) is 0 Å². The number of carbonyl (C=O) groups is 1. The monoisotopic (exact) mass is 211 g/mol. The Morgan fingerprint density at radius 3 is 2.73 bits per heavy atom. The summed E-state index contributed by atoms with van der Waals surface area (Å²) < 4.78 is 0.315. The molecule has 1 aliphatic heterocycles. The number of amidine groups is 1. The van der Waals surface area contributed by atoms with Crippen LogP contribution in [-0.2, 0) is 4.79 Å². The summed E-state index contributed by atoms with van der Waals surface area (Å²) in [6.45, 7) is 3.95. The number of aliphatic carboxylic acids is 1. The minimum atomic E-state index is -0.743. The van der Waals surface area contributed by atoms with Crippen LogP contribution in [0.2, 0.25) is 0 Å². The zero-order chi connectivity index (χ0) is 11.5. The van der Waals surface area contributed by atoms with Crippen molar-refractivity contribution in [1.29, 1.82) is 0 Å². The van der Waals surface area contributed by atoms with Crippen molar-refractivity contribution in [2.75, 3.05) is 7.05 Å². The molecule has 2 unspecified atom stereocenters. The van der Waals surface area contributed by atoms with Gasteiger partial charge in [0.15, 0.2) is 6.04 Å². The second kappa shape index (κ2) is 4.57. The van der Waals surface area contributed by atoms with Crippen LogP contribution >= 0.6 is 0 Å². The number of carboxylic acids is 1. The molecule has 15 heavy (non-hydrogen) atoms. The lowest BCUT2D eigenvalue weighted by Crippen LogP contribution is -2.53. The lowest BCUT2D eigenvalue weighted by molar-refractivity contribution is -0.784. The molecule has 4 heteroatoms. The van der Waals surface area contributed by atoms with Crippen LogP contribution in [0.3, 0.4) is 0 Å². The number of unbranched alkanes of at least 4 members (excludes halogenated alkanes) is 1. The third-order valence-electron chi connectivity index (χ3n) is 3.10. The average molecular weight is 211 g/mol. The van der Waals surface area contributed by atoms with Crippen molar-refractivity contribution in [3.8, 4) is 0 Å². The van der Waals surface area contributed by atoms with E-state index in [1.165, 1.54) is 0 Å². The van der Waals surface area contributed by atoms with Gasteiger partial charge in [0.1, 0.15) is 6.20 Å². The molecule has 0 spiro atoms. The van der Waals surface area contributed by atoms with Crippen molar-refractivity contribution < 1.29 is 14.4 Å². The molecule has 0 bridgehead atoms. The Morgan fingerprint density at radius 1 is 1.67 bits per heavy atom. The highest BCUT2D eigenvalue weighted by atomic mass is 16.4. The fourth-order valence-corrected chi connectivity index (χ4v) is 1.86. The summed E-state index contributed by atoms with van der Waals surface area (Å²) in [5, 5.41) is 9.24. The van der Waals surface area contributed by atoms with E-state index in [4.69, 9.17) is 0 Å². The first-order valence-corrected chi connectivity index (χ1v) is 5.33. The summed E-state index contributed by atoms with van der Waals surface area (Å²) >= 11 is 0. The highest BCUT2D eigenvalue weighted by Gasteiger charge is 2.41. The maximum atomic E-state index is 11.2. The summed E-state index contributed by atoms with van der Waals surface area (Å²) in [6, 6.07) is -0.410. The number of nitrogens with zero attached hydrogens (tertiary/aromatic N) is 2. The van der Waals surface area contributed by atoms with Gasteiger partial charge >= 0.3 is 5.97 Å². The molecule has 0 saturated heterocycles. The summed E-state index contributed by atoms with van der Waals surface area (Å²) in [7, 11) is 1.90. The molecule has 1 N–H and O–H groups in total. The second-order valence-electron chi connectivity index (χ2n) is 4.12. The normalized spacial score (nSPS) is 26.5. The number of hydrogen-bond donors (Lipinski definition) is 1. The van der Waals surface area contributed by atoms with E-state index in [-0.39, 0.29) is 0 Å². The summed E-state index contributed by atoms with van der Waals surface area (Å²) in [5.41, 5.74) is 0. The van der Waals surface area contributed by atoms with Crippen molar-refractivity contribution in [3.63, 3.8) is 0 Å². The van der Waals surface area contributed by atoms with Crippen molar-refractivity contribution in [2.45, 2.75) is 39.2 Å². The Morgan fingerprint density at radius 2 is 2.33 bits per heavy atom. The molecular weight excluding hydrogens is 192 g/mol. The Hall–Kier alpha value is -1.16. The van der Waals surface area contributed by atoms with Crippen molar-refractivity contribution in [1.82, 2.24) is 0 Å². The maximum Gasteiger partial charge on any atom is 0.363 e. The lowest BCUT2D eigenvalue weighted by atomic mass is 10.1. The maximum absolute atomic E-state index is 11.2. The quantitative estimate of drug-likeness (QED) is 0.707. The van der Waals surface area contributed by atoms with Crippen LogP contribution in [0, 0.1) is 0 Å². The van der Waals surface area contributed by atoms with Crippen LogP contribution in [-0.4, -0.2) is 34.5 Å². The standard InChI is InChI=1S/C11H18N2O2/c1-4-5-6-10(11(14)15)13(3)8-7-12-9(13)2/h7-8,10H,4-6H2,1-3H3/p+1. The van der Waals surface area contributed by atoms with Gasteiger partial charge in [-0.25, -0.2) is 14.3 Å². The summed E-state index contributed by atoms with van der Waals surface area (Å²) in [6.07, 6.45) is 6.19. The largest absolute Gasteiger partial charge is 0.477 e. The molecule has 4 nitrogen and oxygen atoms in total. The molecule has 0 aromatic carbocycles. The topological polar surface area (TPSA) is 49.7 Å². The molecule has 2 atom stereocenters. The first-order valence-electron chi connectivity index (χ1n) is 5.33. The molecule has 0 aromatic rings. The predicted octanol–water partition coefficient (Wildman–Crippen LogP) is 1.98. The van der Waals surface area contributed by atoms with Crippen LogP contribution < -0.4 is 0 Å². The van der Waals surface area contributed by atoms with Crippen LogP contribution in [0.5, 0.6) is 0 Å². The van der Waals surface area contributed by atoms with Crippen molar-refractivity contribution in [3.05, 3.63) is 12.4 Å². The highest BCUT2D eigenvalue weighted by Crippen LogP contribution is 2.22. The molecule has 0 aliphatic carbocycles. The molecule has 84 valence electrons. The Labute approximate surface area is 90.5 Å². The highest BCUT2D eigenvalue weighted by molar-refractivity contribution is 5.80. The second-order valence-corrected chi connectivity index (χ2v) is 4.12. The van der Waals surface area contributed by atoms with Gasteiger partial charge in [0.05, 0.1) is 13.2 Å². The van der Waals surface area contributed by atoms with Gasteiger partial charge in [0, 0.05) is 13.3 Å².